The van der Waals surface area contributed by atoms with Crippen molar-refractivity contribution in [3.8, 4) is 0 Å². The van der Waals surface area contributed by atoms with Crippen LogP contribution in [0.1, 0.15) is 41.9 Å². The Labute approximate surface area is 196 Å². The Kier molecular flexibility index (Phi) is 7.00. The van der Waals surface area contributed by atoms with E-state index >= 15 is 0 Å². The Morgan fingerprint density at radius 2 is 1.56 bits per heavy atom. The largest absolute Gasteiger partial charge is 0.367 e. The van der Waals surface area contributed by atoms with Crippen LogP contribution in [0.15, 0.2) is 48.5 Å². The van der Waals surface area contributed by atoms with Gasteiger partial charge in [-0.15, -0.1) is 0 Å². The van der Waals surface area contributed by atoms with E-state index in [1.807, 2.05) is 55.3 Å². The molecule has 0 aliphatic heterocycles. The SMILES string of the molecule is Cc1nc(NC2CCC(NC(=O)c3cc(F)c(F)c(F)c3)CC2)cc(N(C)c2ccccc2)n1. The molecule has 1 fully saturated rings. The van der Waals surface area contributed by atoms with Gasteiger partial charge < -0.3 is 15.5 Å². The first-order valence-electron chi connectivity index (χ1n) is 11.2. The Hall–Kier alpha value is -3.62. The van der Waals surface area contributed by atoms with Crippen LogP contribution in [0, 0.1) is 24.4 Å². The van der Waals surface area contributed by atoms with Gasteiger partial charge in [-0.25, -0.2) is 23.1 Å². The van der Waals surface area contributed by atoms with E-state index in [4.69, 9.17) is 0 Å². The van der Waals surface area contributed by atoms with E-state index in [1.54, 1.807) is 0 Å². The monoisotopic (exact) mass is 469 g/mol. The molecule has 9 heteroatoms. The molecule has 4 rings (SSSR count). The van der Waals surface area contributed by atoms with E-state index in [2.05, 4.69) is 20.6 Å². The molecule has 0 radical (unpaired) electrons. The highest BCUT2D eigenvalue weighted by molar-refractivity contribution is 5.94. The number of hydrogen-bond acceptors (Lipinski definition) is 5. The Balaban J connectivity index is 1.34. The molecule has 178 valence electrons. The van der Waals surface area contributed by atoms with E-state index < -0.39 is 23.4 Å². The van der Waals surface area contributed by atoms with Gasteiger partial charge >= 0.3 is 0 Å². The normalized spacial score (nSPS) is 17.8. The zero-order valence-electron chi connectivity index (χ0n) is 19.0. The minimum Gasteiger partial charge on any atom is -0.367 e. The molecule has 1 heterocycles. The topological polar surface area (TPSA) is 70.2 Å². The fourth-order valence-corrected chi connectivity index (χ4v) is 4.13. The number of aryl methyl sites for hydroxylation is 1. The molecule has 0 spiro atoms. The molecule has 0 saturated heterocycles. The highest BCUT2D eigenvalue weighted by atomic mass is 19.2. The smallest absolute Gasteiger partial charge is 0.251 e. The second-order valence-corrected chi connectivity index (χ2v) is 8.47. The predicted molar refractivity (Wildman–Crippen MR) is 125 cm³/mol. The molecule has 6 nitrogen and oxygen atoms in total. The van der Waals surface area contributed by atoms with Gasteiger partial charge in [-0.05, 0) is 56.9 Å². The summed E-state index contributed by atoms with van der Waals surface area (Å²) in [7, 11) is 1.95. The number of carbonyl (C=O) groups excluding carboxylic acids is 1. The summed E-state index contributed by atoms with van der Waals surface area (Å²) in [5.74, 6) is -2.79. The van der Waals surface area contributed by atoms with Crippen molar-refractivity contribution >= 4 is 23.2 Å². The van der Waals surface area contributed by atoms with Crippen LogP contribution in [0.4, 0.5) is 30.5 Å². The van der Waals surface area contributed by atoms with Gasteiger partial charge in [0, 0.05) is 36.4 Å². The second kappa shape index (κ2) is 10.1. The van der Waals surface area contributed by atoms with Crippen LogP contribution in [-0.2, 0) is 0 Å². The average molecular weight is 470 g/mol. The summed E-state index contributed by atoms with van der Waals surface area (Å²) in [4.78, 5) is 23.4. The summed E-state index contributed by atoms with van der Waals surface area (Å²) in [6.45, 7) is 1.85. The lowest BCUT2D eigenvalue weighted by molar-refractivity contribution is 0.0925. The van der Waals surface area contributed by atoms with Crippen molar-refractivity contribution in [2.24, 2.45) is 0 Å². The van der Waals surface area contributed by atoms with Crippen LogP contribution < -0.4 is 15.5 Å². The lowest BCUT2D eigenvalue weighted by Gasteiger charge is -2.30. The average Bonchev–Trinajstić information content (AvgIpc) is 2.83. The molecule has 2 N–H and O–H groups in total. The molecule has 34 heavy (non-hydrogen) atoms. The summed E-state index contributed by atoms with van der Waals surface area (Å²) in [5.41, 5.74) is 0.784. The lowest BCUT2D eigenvalue weighted by Crippen LogP contribution is -2.40. The van der Waals surface area contributed by atoms with Crippen LogP contribution in [0.3, 0.4) is 0 Å². The van der Waals surface area contributed by atoms with E-state index in [0.29, 0.717) is 30.8 Å². The zero-order chi connectivity index (χ0) is 24.2. The predicted octanol–water partition coefficient (Wildman–Crippen LogP) is 5.12. The van der Waals surface area contributed by atoms with E-state index in [1.165, 1.54) is 0 Å². The number of para-hydroxylation sites is 1. The van der Waals surface area contributed by atoms with E-state index in [-0.39, 0.29) is 17.6 Å². The molecule has 1 amide bonds. The fourth-order valence-electron chi connectivity index (χ4n) is 4.13. The van der Waals surface area contributed by atoms with Crippen LogP contribution in [0.5, 0.6) is 0 Å². The van der Waals surface area contributed by atoms with Crippen molar-refractivity contribution in [3.63, 3.8) is 0 Å². The number of amides is 1. The van der Waals surface area contributed by atoms with Crippen molar-refractivity contribution in [2.75, 3.05) is 17.3 Å². The third-order valence-electron chi connectivity index (χ3n) is 5.97. The van der Waals surface area contributed by atoms with Crippen LogP contribution in [0.2, 0.25) is 0 Å². The highest BCUT2D eigenvalue weighted by Crippen LogP contribution is 2.26. The number of benzene rings is 2. The maximum atomic E-state index is 13.4. The minimum atomic E-state index is -1.58. The van der Waals surface area contributed by atoms with Crippen LogP contribution >= 0.6 is 0 Å². The highest BCUT2D eigenvalue weighted by Gasteiger charge is 2.24. The van der Waals surface area contributed by atoms with Gasteiger partial charge in [0.2, 0.25) is 0 Å². The van der Waals surface area contributed by atoms with Crippen molar-refractivity contribution in [3.05, 3.63) is 77.4 Å². The number of anilines is 3. The number of hydrogen-bond donors (Lipinski definition) is 2. The standard InChI is InChI=1S/C25H26F3N5O/c1-15-29-22(14-23(30-15)33(2)19-6-4-3-5-7-19)31-17-8-10-18(11-9-17)32-25(34)16-12-20(26)24(28)21(27)13-16/h3-7,12-14,17-18H,8-11H2,1-2H3,(H,32,34)(H,29,30,31). The third kappa shape index (κ3) is 5.47. The summed E-state index contributed by atoms with van der Waals surface area (Å²) in [6.07, 6.45) is 2.95. The Bertz CT molecular complexity index is 1140. The number of aromatic nitrogens is 2. The molecule has 0 atom stereocenters. The van der Waals surface area contributed by atoms with Gasteiger partial charge in [-0.2, -0.15) is 0 Å². The summed E-state index contributed by atoms with van der Waals surface area (Å²) in [6, 6.07) is 13.3. The fraction of sp³-hybridized carbons (Fsp3) is 0.320. The molecule has 1 aliphatic carbocycles. The molecule has 1 aromatic heterocycles. The first-order valence-corrected chi connectivity index (χ1v) is 11.2. The maximum Gasteiger partial charge on any atom is 0.251 e. The van der Waals surface area contributed by atoms with Crippen LogP contribution in [0.25, 0.3) is 0 Å². The van der Waals surface area contributed by atoms with Gasteiger partial charge in [0.15, 0.2) is 17.5 Å². The van der Waals surface area contributed by atoms with Gasteiger partial charge in [-0.3, -0.25) is 4.79 Å². The molecule has 1 saturated carbocycles. The molecule has 2 aromatic carbocycles. The maximum absolute atomic E-state index is 13.4. The van der Waals surface area contributed by atoms with Crippen molar-refractivity contribution in [2.45, 2.75) is 44.7 Å². The first kappa shape index (κ1) is 23.5. The quantitative estimate of drug-likeness (QED) is 0.490. The molecule has 0 bridgehead atoms. The summed E-state index contributed by atoms with van der Waals surface area (Å²) < 4.78 is 40.0. The molecule has 3 aromatic rings. The Morgan fingerprint density at radius 1 is 0.941 bits per heavy atom. The van der Waals surface area contributed by atoms with Crippen molar-refractivity contribution in [1.82, 2.24) is 15.3 Å². The van der Waals surface area contributed by atoms with Gasteiger partial charge in [0.1, 0.15) is 17.5 Å². The second-order valence-electron chi connectivity index (χ2n) is 8.47. The first-order chi connectivity index (χ1) is 16.3. The lowest BCUT2D eigenvalue weighted by atomic mass is 9.91. The van der Waals surface area contributed by atoms with Gasteiger partial charge in [0.05, 0.1) is 0 Å². The number of carbonyl (C=O) groups is 1. The number of nitrogens with one attached hydrogen (secondary N) is 2. The number of rotatable bonds is 6. The van der Waals surface area contributed by atoms with Crippen molar-refractivity contribution in [1.29, 1.82) is 0 Å². The molecule has 1 aliphatic rings. The summed E-state index contributed by atoms with van der Waals surface area (Å²) >= 11 is 0. The molecular formula is C25H26F3N5O. The molecule has 0 unspecified atom stereocenters. The minimum absolute atomic E-state index is 0.131. The Morgan fingerprint density at radius 3 is 2.21 bits per heavy atom. The van der Waals surface area contributed by atoms with Gasteiger partial charge in [0.25, 0.3) is 5.91 Å². The van der Waals surface area contributed by atoms with Gasteiger partial charge in [-0.1, -0.05) is 18.2 Å². The zero-order valence-corrected chi connectivity index (χ0v) is 19.0. The third-order valence-corrected chi connectivity index (χ3v) is 5.97. The van der Waals surface area contributed by atoms with E-state index in [9.17, 15) is 18.0 Å². The summed E-state index contributed by atoms with van der Waals surface area (Å²) in [5, 5.41) is 6.25. The van der Waals surface area contributed by atoms with E-state index in [0.717, 1.165) is 30.2 Å². The van der Waals surface area contributed by atoms with Crippen LogP contribution in [-0.4, -0.2) is 35.0 Å². The number of nitrogens with zero attached hydrogens (tertiary/aromatic N) is 3. The number of halogens is 3. The van der Waals surface area contributed by atoms with Crippen molar-refractivity contribution < 1.29 is 18.0 Å². The molecular weight excluding hydrogens is 443 g/mol.